The van der Waals surface area contributed by atoms with E-state index in [1.54, 1.807) is 0 Å². The van der Waals surface area contributed by atoms with E-state index in [2.05, 4.69) is 11.8 Å². The van der Waals surface area contributed by atoms with Crippen LogP contribution in [-0.4, -0.2) is 53.8 Å². The number of rotatable bonds is 5. The second kappa shape index (κ2) is 7.09. The highest BCUT2D eigenvalue weighted by Gasteiger charge is 2.27. The van der Waals surface area contributed by atoms with E-state index in [1.807, 2.05) is 0 Å². The van der Waals surface area contributed by atoms with Gasteiger partial charge < -0.3 is 14.7 Å². The molecule has 1 saturated heterocycles. The Morgan fingerprint density at radius 1 is 1.33 bits per heavy atom. The Hall–Kier alpha value is 0.170. The second-order valence-electron chi connectivity index (χ2n) is 5.92. The summed E-state index contributed by atoms with van der Waals surface area (Å²) in [4.78, 5) is 2.33. The fourth-order valence-corrected chi connectivity index (χ4v) is 3.25. The molecule has 0 radical (unpaired) electrons. The summed E-state index contributed by atoms with van der Waals surface area (Å²) in [5.74, 6) is 0.529. The van der Waals surface area contributed by atoms with Crippen LogP contribution in [0.15, 0.2) is 0 Å². The minimum Gasteiger partial charge on any atom is -0.389 e. The number of halogens is 1. The first-order valence-electron chi connectivity index (χ1n) is 7.31. The molecule has 1 aliphatic carbocycles. The van der Waals surface area contributed by atoms with Gasteiger partial charge in [0.1, 0.15) is 0 Å². The Labute approximate surface area is 115 Å². The van der Waals surface area contributed by atoms with Crippen molar-refractivity contribution in [2.75, 3.05) is 26.2 Å². The van der Waals surface area contributed by atoms with Gasteiger partial charge in [0.2, 0.25) is 0 Å². The first-order valence-corrected chi connectivity index (χ1v) is 7.75. The summed E-state index contributed by atoms with van der Waals surface area (Å²) in [7, 11) is 0. The van der Waals surface area contributed by atoms with Gasteiger partial charge in [0.15, 0.2) is 0 Å². The fraction of sp³-hybridized carbons (Fsp3) is 1.00. The monoisotopic (exact) mass is 275 g/mol. The molecule has 1 N–H and O–H groups in total. The maximum Gasteiger partial charge on any atom is 0.0900 e. The molecule has 2 rings (SSSR count). The topological polar surface area (TPSA) is 32.7 Å². The lowest BCUT2D eigenvalue weighted by molar-refractivity contribution is -0.0377. The minimum atomic E-state index is -0.341. The van der Waals surface area contributed by atoms with Gasteiger partial charge in [0.05, 0.1) is 18.8 Å². The fourth-order valence-electron chi connectivity index (χ4n) is 3.02. The van der Waals surface area contributed by atoms with Crippen LogP contribution in [0.4, 0.5) is 0 Å². The summed E-state index contributed by atoms with van der Waals surface area (Å²) in [6.45, 7) is 5.69. The zero-order chi connectivity index (χ0) is 13.0. The summed E-state index contributed by atoms with van der Waals surface area (Å²) in [5.41, 5.74) is 0. The molecule has 0 bridgehead atoms. The molecule has 0 spiro atoms. The molecule has 18 heavy (non-hydrogen) atoms. The number of nitrogens with zero attached hydrogens (tertiary/aromatic N) is 1. The molecule has 4 atom stereocenters. The molecule has 0 aromatic rings. The van der Waals surface area contributed by atoms with Crippen LogP contribution in [0, 0.1) is 5.92 Å². The van der Waals surface area contributed by atoms with Gasteiger partial charge in [-0.2, -0.15) is 0 Å². The molecule has 2 fully saturated rings. The highest BCUT2D eigenvalue weighted by Crippen LogP contribution is 2.30. The smallest absolute Gasteiger partial charge is 0.0900 e. The Kier molecular flexibility index (Phi) is 5.74. The Morgan fingerprint density at radius 2 is 2.06 bits per heavy atom. The van der Waals surface area contributed by atoms with Crippen LogP contribution in [0.3, 0.4) is 0 Å². The van der Waals surface area contributed by atoms with Crippen molar-refractivity contribution < 1.29 is 9.84 Å². The predicted molar refractivity (Wildman–Crippen MR) is 74.1 cm³/mol. The summed E-state index contributed by atoms with van der Waals surface area (Å²) in [6.07, 6.45) is 5.60. The standard InChI is InChI=1S/C14H26ClNO2/c1-11-8-13(4-5-14(11)15)18-10-12(17)9-16-6-2-3-7-16/h11-14,17H,2-10H2,1H3/t11?,12-,13?,14?/m0/s1. The van der Waals surface area contributed by atoms with Crippen molar-refractivity contribution in [1.82, 2.24) is 4.90 Å². The third kappa shape index (κ3) is 4.37. The average Bonchev–Trinajstić information content (AvgIpc) is 2.83. The first kappa shape index (κ1) is 14.6. The van der Waals surface area contributed by atoms with Gasteiger partial charge in [-0.25, -0.2) is 0 Å². The third-order valence-corrected chi connectivity index (χ3v) is 4.86. The molecule has 4 heteroatoms. The highest BCUT2D eigenvalue weighted by molar-refractivity contribution is 6.20. The lowest BCUT2D eigenvalue weighted by Gasteiger charge is -2.31. The average molecular weight is 276 g/mol. The number of hydrogen-bond acceptors (Lipinski definition) is 3. The van der Waals surface area contributed by atoms with Gasteiger partial charge in [0.25, 0.3) is 0 Å². The van der Waals surface area contributed by atoms with Crippen molar-refractivity contribution in [3.05, 3.63) is 0 Å². The zero-order valence-electron chi connectivity index (χ0n) is 11.4. The molecule has 3 nitrogen and oxygen atoms in total. The summed E-state index contributed by atoms with van der Waals surface area (Å²) >= 11 is 6.20. The highest BCUT2D eigenvalue weighted by atomic mass is 35.5. The summed E-state index contributed by atoms with van der Waals surface area (Å²) in [6, 6.07) is 0. The Morgan fingerprint density at radius 3 is 2.72 bits per heavy atom. The van der Waals surface area contributed by atoms with Crippen LogP contribution in [-0.2, 0) is 4.74 Å². The molecule has 2 aliphatic rings. The molecule has 0 aromatic heterocycles. The van der Waals surface area contributed by atoms with Gasteiger partial charge in [-0.1, -0.05) is 6.92 Å². The van der Waals surface area contributed by atoms with Crippen molar-refractivity contribution >= 4 is 11.6 Å². The van der Waals surface area contributed by atoms with E-state index in [-0.39, 0.29) is 6.10 Å². The molecule has 106 valence electrons. The Bertz CT molecular complexity index is 246. The molecule has 1 aliphatic heterocycles. The number of ether oxygens (including phenoxy) is 1. The van der Waals surface area contributed by atoms with Crippen molar-refractivity contribution in [2.24, 2.45) is 5.92 Å². The number of aliphatic hydroxyl groups is 1. The van der Waals surface area contributed by atoms with Crippen LogP contribution in [0.25, 0.3) is 0 Å². The largest absolute Gasteiger partial charge is 0.389 e. The third-order valence-electron chi connectivity index (χ3n) is 4.21. The number of alkyl halides is 1. The van der Waals surface area contributed by atoms with E-state index in [9.17, 15) is 5.11 Å². The minimum absolute atomic E-state index is 0.295. The van der Waals surface area contributed by atoms with E-state index >= 15 is 0 Å². The normalized spacial score (nSPS) is 35.8. The van der Waals surface area contributed by atoms with E-state index < -0.39 is 0 Å². The van der Waals surface area contributed by atoms with Gasteiger partial charge >= 0.3 is 0 Å². The zero-order valence-corrected chi connectivity index (χ0v) is 12.1. The van der Waals surface area contributed by atoms with Crippen molar-refractivity contribution in [2.45, 2.75) is 56.6 Å². The Balaban J connectivity index is 1.61. The molecule has 1 heterocycles. The van der Waals surface area contributed by atoms with Crippen LogP contribution in [0.2, 0.25) is 0 Å². The van der Waals surface area contributed by atoms with Crippen LogP contribution >= 0.6 is 11.6 Å². The quantitative estimate of drug-likeness (QED) is 0.782. The number of likely N-dealkylation sites (tertiary alicyclic amines) is 1. The maximum absolute atomic E-state index is 9.97. The van der Waals surface area contributed by atoms with E-state index in [4.69, 9.17) is 16.3 Å². The molecule has 0 amide bonds. The van der Waals surface area contributed by atoms with Crippen LogP contribution in [0.5, 0.6) is 0 Å². The molecule has 1 saturated carbocycles. The molecule has 0 aromatic carbocycles. The van der Waals surface area contributed by atoms with Gasteiger partial charge in [-0.05, 0) is 51.1 Å². The SMILES string of the molecule is CC1CC(OC[C@@H](O)CN2CCCC2)CCC1Cl. The molecule has 3 unspecified atom stereocenters. The van der Waals surface area contributed by atoms with E-state index in [1.165, 1.54) is 12.8 Å². The second-order valence-corrected chi connectivity index (χ2v) is 6.48. The van der Waals surface area contributed by atoms with E-state index in [0.29, 0.717) is 24.0 Å². The predicted octanol–water partition coefficient (Wildman–Crippen LogP) is 2.26. The maximum atomic E-state index is 9.97. The van der Waals surface area contributed by atoms with Gasteiger partial charge in [0, 0.05) is 11.9 Å². The van der Waals surface area contributed by atoms with Crippen LogP contribution in [0.1, 0.15) is 39.0 Å². The lowest BCUT2D eigenvalue weighted by atomic mass is 9.88. The summed E-state index contributed by atoms with van der Waals surface area (Å²) < 4.78 is 5.84. The van der Waals surface area contributed by atoms with Gasteiger partial charge in [-0.3, -0.25) is 0 Å². The summed E-state index contributed by atoms with van der Waals surface area (Å²) in [5, 5.41) is 10.3. The molecular formula is C14H26ClNO2. The van der Waals surface area contributed by atoms with E-state index in [0.717, 1.165) is 38.9 Å². The molecular weight excluding hydrogens is 250 g/mol. The number of β-amino-alcohol motifs (C(OH)–C–C–N with tert-alkyl or cyclic N) is 1. The van der Waals surface area contributed by atoms with Crippen molar-refractivity contribution in [3.63, 3.8) is 0 Å². The lowest BCUT2D eigenvalue weighted by Crippen LogP contribution is -2.36. The first-order chi connectivity index (χ1) is 8.65. The van der Waals surface area contributed by atoms with Crippen molar-refractivity contribution in [3.8, 4) is 0 Å². The van der Waals surface area contributed by atoms with Crippen molar-refractivity contribution in [1.29, 1.82) is 0 Å². The number of aliphatic hydroxyl groups excluding tert-OH is 1. The van der Waals surface area contributed by atoms with Crippen LogP contribution < -0.4 is 0 Å². The van der Waals surface area contributed by atoms with Gasteiger partial charge in [-0.15, -0.1) is 11.6 Å². The number of hydrogen-bond donors (Lipinski definition) is 1.